The van der Waals surface area contributed by atoms with Gasteiger partial charge in [-0.05, 0) is 26.7 Å². The molecule has 1 aliphatic carbocycles. The third-order valence-corrected chi connectivity index (χ3v) is 4.97. The molecule has 1 atom stereocenters. The first-order valence-corrected chi connectivity index (χ1v) is 8.12. The Balaban J connectivity index is 1.57. The third-order valence-electron chi connectivity index (χ3n) is 4.97. The Kier molecular flexibility index (Phi) is 4.18. The maximum Gasteiger partial charge on any atom is 0.243 e. The van der Waals surface area contributed by atoms with Crippen LogP contribution in [0.4, 0.5) is 0 Å². The Bertz CT molecular complexity index is 530. The molecule has 1 amide bonds. The maximum atomic E-state index is 12.6. The highest BCUT2D eigenvalue weighted by molar-refractivity contribution is 5.86. The van der Waals surface area contributed by atoms with E-state index in [0.717, 1.165) is 51.9 Å². The fourth-order valence-corrected chi connectivity index (χ4v) is 3.49. The summed E-state index contributed by atoms with van der Waals surface area (Å²) in [6, 6.07) is 0.0803. The van der Waals surface area contributed by atoms with Crippen molar-refractivity contribution in [2.24, 2.45) is 5.73 Å². The lowest BCUT2D eigenvalue weighted by atomic mass is 9.96. The topological polar surface area (TPSA) is 88.5 Å². The highest BCUT2D eigenvalue weighted by Gasteiger charge is 2.41. The van der Waals surface area contributed by atoms with Crippen molar-refractivity contribution in [1.82, 2.24) is 19.9 Å². The predicted octanol–water partition coefficient (Wildman–Crippen LogP) is 0.855. The molecular formula is C15H25N5O2. The van der Waals surface area contributed by atoms with Crippen LogP contribution in [0, 0.1) is 6.92 Å². The summed E-state index contributed by atoms with van der Waals surface area (Å²) in [6.07, 6.45) is 3.78. The molecule has 7 heteroatoms. The Morgan fingerprint density at radius 1 is 1.27 bits per heavy atom. The van der Waals surface area contributed by atoms with Gasteiger partial charge in [0, 0.05) is 26.2 Å². The molecular weight excluding hydrogens is 282 g/mol. The number of carbonyl (C=O) groups excluding carboxylic acids is 1. The van der Waals surface area contributed by atoms with Crippen LogP contribution in [0.1, 0.15) is 50.4 Å². The third kappa shape index (κ3) is 2.87. The molecule has 122 valence electrons. The molecule has 1 saturated carbocycles. The fourth-order valence-electron chi connectivity index (χ4n) is 3.49. The lowest BCUT2D eigenvalue weighted by Gasteiger charge is -2.39. The van der Waals surface area contributed by atoms with Gasteiger partial charge in [0.05, 0.1) is 11.6 Å². The molecule has 1 saturated heterocycles. The zero-order valence-electron chi connectivity index (χ0n) is 13.4. The molecule has 0 spiro atoms. The molecule has 1 unspecified atom stereocenters. The van der Waals surface area contributed by atoms with Gasteiger partial charge in [0.15, 0.2) is 5.82 Å². The molecule has 2 N–H and O–H groups in total. The first-order chi connectivity index (χ1) is 10.5. The molecule has 1 aliphatic heterocycles. The van der Waals surface area contributed by atoms with Crippen molar-refractivity contribution in [2.45, 2.75) is 51.1 Å². The van der Waals surface area contributed by atoms with E-state index in [-0.39, 0.29) is 11.9 Å². The molecule has 2 aliphatic rings. The standard InChI is InChI=1S/C15H25N5O2/c1-11(13-17-12(2)18-22-13)19-7-9-20(10-8-19)14(21)15(16)5-3-4-6-15/h11H,3-10,16H2,1-2H3. The first-order valence-electron chi connectivity index (χ1n) is 8.12. The zero-order valence-corrected chi connectivity index (χ0v) is 13.4. The molecule has 0 radical (unpaired) electrons. The van der Waals surface area contributed by atoms with E-state index in [1.807, 2.05) is 11.8 Å². The zero-order chi connectivity index (χ0) is 15.7. The molecule has 7 nitrogen and oxygen atoms in total. The van der Waals surface area contributed by atoms with Crippen molar-refractivity contribution in [3.05, 3.63) is 11.7 Å². The van der Waals surface area contributed by atoms with Crippen LogP contribution in [0.2, 0.25) is 0 Å². The quantitative estimate of drug-likeness (QED) is 0.891. The average Bonchev–Trinajstić information content (AvgIpc) is 3.15. The van der Waals surface area contributed by atoms with Gasteiger partial charge in [0.1, 0.15) is 0 Å². The molecule has 2 heterocycles. The average molecular weight is 307 g/mol. The minimum atomic E-state index is -0.614. The second-order valence-corrected chi connectivity index (χ2v) is 6.55. The van der Waals surface area contributed by atoms with Gasteiger partial charge in [-0.25, -0.2) is 0 Å². The fraction of sp³-hybridized carbons (Fsp3) is 0.800. The van der Waals surface area contributed by atoms with Crippen LogP contribution in [0.5, 0.6) is 0 Å². The molecule has 0 bridgehead atoms. The number of rotatable bonds is 3. The summed E-state index contributed by atoms with van der Waals surface area (Å²) >= 11 is 0. The van der Waals surface area contributed by atoms with Gasteiger partial charge in [-0.2, -0.15) is 4.98 Å². The molecule has 1 aromatic rings. The van der Waals surface area contributed by atoms with Crippen LogP contribution >= 0.6 is 0 Å². The van der Waals surface area contributed by atoms with Crippen LogP contribution in [-0.4, -0.2) is 57.6 Å². The summed E-state index contributed by atoms with van der Waals surface area (Å²) in [4.78, 5) is 21.1. The number of carbonyl (C=O) groups is 1. The monoisotopic (exact) mass is 307 g/mol. The number of piperazine rings is 1. The molecule has 2 fully saturated rings. The van der Waals surface area contributed by atoms with E-state index in [4.69, 9.17) is 10.3 Å². The minimum Gasteiger partial charge on any atom is -0.339 e. The molecule has 0 aromatic carbocycles. The largest absolute Gasteiger partial charge is 0.339 e. The van der Waals surface area contributed by atoms with E-state index in [0.29, 0.717) is 11.7 Å². The van der Waals surface area contributed by atoms with E-state index in [9.17, 15) is 4.79 Å². The summed E-state index contributed by atoms with van der Waals surface area (Å²) in [5.74, 6) is 1.43. The normalized spacial score (nSPS) is 23.7. The number of amides is 1. The number of nitrogens with two attached hydrogens (primary N) is 1. The van der Waals surface area contributed by atoms with Crippen molar-refractivity contribution in [3.8, 4) is 0 Å². The van der Waals surface area contributed by atoms with Crippen LogP contribution in [0.15, 0.2) is 4.52 Å². The van der Waals surface area contributed by atoms with E-state index < -0.39 is 5.54 Å². The van der Waals surface area contributed by atoms with Gasteiger partial charge in [0.2, 0.25) is 11.8 Å². The molecule has 3 rings (SSSR count). The van der Waals surface area contributed by atoms with E-state index in [2.05, 4.69) is 22.0 Å². The lowest BCUT2D eigenvalue weighted by molar-refractivity contribution is -0.139. The van der Waals surface area contributed by atoms with Gasteiger partial charge in [0.25, 0.3) is 0 Å². The Morgan fingerprint density at radius 3 is 2.45 bits per heavy atom. The Hall–Kier alpha value is -1.47. The summed E-state index contributed by atoms with van der Waals surface area (Å²) < 4.78 is 5.25. The minimum absolute atomic E-state index is 0.0803. The smallest absolute Gasteiger partial charge is 0.243 e. The van der Waals surface area contributed by atoms with Gasteiger partial charge in [-0.3, -0.25) is 9.69 Å². The lowest BCUT2D eigenvalue weighted by Crippen LogP contribution is -2.58. The number of hydrogen-bond donors (Lipinski definition) is 1. The van der Waals surface area contributed by atoms with Crippen LogP contribution in [0.25, 0.3) is 0 Å². The Labute approximate surface area is 130 Å². The summed E-state index contributed by atoms with van der Waals surface area (Å²) in [6.45, 7) is 6.93. The second kappa shape index (κ2) is 5.96. The second-order valence-electron chi connectivity index (χ2n) is 6.55. The van der Waals surface area contributed by atoms with Crippen molar-refractivity contribution in [1.29, 1.82) is 0 Å². The number of aryl methyl sites for hydroxylation is 1. The van der Waals surface area contributed by atoms with Gasteiger partial charge in [-0.15, -0.1) is 0 Å². The Morgan fingerprint density at radius 2 is 1.91 bits per heavy atom. The van der Waals surface area contributed by atoms with Crippen LogP contribution < -0.4 is 5.73 Å². The highest BCUT2D eigenvalue weighted by atomic mass is 16.5. The summed E-state index contributed by atoms with van der Waals surface area (Å²) in [5, 5.41) is 3.84. The van der Waals surface area contributed by atoms with E-state index in [1.165, 1.54) is 0 Å². The number of aromatic nitrogens is 2. The molecule has 22 heavy (non-hydrogen) atoms. The van der Waals surface area contributed by atoms with Crippen molar-refractivity contribution < 1.29 is 9.32 Å². The van der Waals surface area contributed by atoms with Crippen LogP contribution in [-0.2, 0) is 4.79 Å². The number of hydrogen-bond acceptors (Lipinski definition) is 6. The van der Waals surface area contributed by atoms with E-state index >= 15 is 0 Å². The maximum absolute atomic E-state index is 12.6. The van der Waals surface area contributed by atoms with Crippen LogP contribution in [0.3, 0.4) is 0 Å². The summed E-state index contributed by atoms with van der Waals surface area (Å²) in [5.41, 5.74) is 5.67. The first kappa shape index (κ1) is 15.4. The number of nitrogens with zero attached hydrogens (tertiary/aromatic N) is 4. The van der Waals surface area contributed by atoms with Gasteiger partial charge in [-0.1, -0.05) is 18.0 Å². The van der Waals surface area contributed by atoms with E-state index in [1.54, 1.807) is 0 Å². The van der Waals surface area contributed by atoms with Gasteiger partial charge < -0.3 is 15.2 Å². The van der Waals surface area contributed by atoms with Gasteiger partial charge >= 0.3 is 0 Å². The highest BCUT2D eigenvalue weighted by Crippen LogP contribution is 2.30. The SMILES string of the molecule is Cc1noc(C(C)N2CCN(C(=O)C3(N)CCCC3)CC2)n1. The predicted molar refractivity (Wildman–Crippen MR) is 81.0 cm³/mol. The molecule has 1 aromatic heterocycles. The van der Waals surface area contributed by atoms with Crippen molar-refractivity contribution in [3.63, 3.8) is 0 Å². The van der Waals surface area contributed by atoms with Crippen molar-refractivity contribution >= 4 is 5.91 Å². The van der Waals surface area contributed by atoms with Crippen molar-refractivity contribution in [2.75, 3.05) is 26.2 Å². The summed E-state index contributed by atoms with van der Waals surface area (Å²) in [7, 11) is 0.